The van der Waals surface area contributed by atoms with Crippen LogP contribution in [0.25, 0.3) is 0 Å². The summed E-state index contributed by atoms with van der Waals surface area (Å²) in [5.41, 5.74) is 2.63. The average Bonchev–Trinajstić information content (AvgIpc) is 2.98. The summed E-state index contributed by atoms with van der Waals surface area (Å²) in [4.78, 5) is 8.66. The standard InChI is InChI=1S/C16H25N5/c1-4-8-18-15(10-16-19-12-20-21(16)6-3)14-7-9-17-11-13(14)5-2/h7,9,11-12,15,18H,4-6,8,10H2,1-3H3. The topological polar surface area (TPSA) is 55.6 Å². The van der Waals surface area contributed by atoms with Crippen molar-refractivity contribution in [1.82, 2.24) is 25.1 Å². The zero-order valence-electron chi connectivity index (χ0n) is 13.2. The van der Waals surface area contributed by atoms with E-state index in [0.717, 1.165) is 38.2 Å². The summed E-state index contributed by atoms with van der Waals surface area (Å²) in [6.07, 6.45) is 8.45. The van der Waals surface area contributed by atoms with Crippen molar-refractivity contribution in [3.8, 4) is 0 Å². The Bertz CT molecular complexity index is 549. The molecule has 1 unspecified atom stereocenters. The zero-order valence-corrected chi connectivity index (χ0v) is 13.2. The Morgan fingerprint density at radius 2 is 2.14 bits per heavy atom. The van der Waals surface area contributed by atoms with Gasteiger partial charge >= 0.3 is 0 Å². The summed E-state index contributed by atoms with van der Waals surface area (Å²) in [6, 6.07) is 2.39. The monoisotopic (exact) mass is 287 g/mol. The normalized spacial score (nSPS) is 12.5. The van der Waals surface area contributed by atoms with Gasteiger partial charge in [0.1, 0.15) is 12.2 Å². The van der Waals surface area contributed by atoms with Crippen LogP contribution >= 0.6 is 0 Å². The van der Waals surface area contributed by atoms with Gasteiger partial charge in [0.15, 0.2) is 0 Å². The van der Waals surface area contributed by atoms with Crippen LogP contribution in [0.1, 0.15) is 50.2 Å². The van der Waals surface area contributed by atoms with E-state index in [1.807, 2.05) is 17.1 Å². The largest absolute Gasteiger partial charge is 0.310 e. The second-order valence-corrected chi connectivity index (χ2v) is 5.13. The van der Waals surface area contributed by atoms with Crippen LogP contribution in [0.3, 0.4) is 0 Å². The van der Waals surface area contributed by atoms with E-state index in [4.69, 9.17) is 0 Å². The lowest BCUT2D eigenvalue weighted by atomic mass is 9.98. The molecule has 1 atom stereocenters. The van der Waals surface area contributed by atoms with Gasteiger partial charge in [0, 0.05) is 31.4 Å². The van der Waals surface area contributed by atoms with Crippen LogP contribution in [-0.2, 0) is 19.4 Å². The molecule has 2 aromatic heterocycles. The number of rotatable bonds is 8. The highest BCUT2D eigenvalue weighted by Gasteiger charge is 2.17. The van der Waals surface area contributed by atoms with Gasteiger partial charge in [-0.1, -0.05) is 13.8 Å². The zero-order chi connectivity index (χ0) is 15.1. The first-order chi connectivity index (χ1) is 10.3. The minimum Gasteiger partial charge on any atom is -0.310 e. The first-order valence-corrected chi connectivity index (χ1v) is 7.82. The summed E-state index contributed by atoms with van der Waals surface area (Å²) in [5, 5.41) is 7.91. The van der Waals surface area contributed by atoms with Gasteiger partial charge in [0.2, 0.25) is 0 Å². The molecule has 0 aliphatic rings. The Morgan fingerprint density at radius 3 is 2.86 bits per heavy atom. The SMILES string of the molecule is CCCNC(Cc1ncnn1CC)c1ccncc1CC. The maximum Gasteiger partial charge on any atom is 0.138 e. The molecule has 2 heterocycles. The van der Waals surface area contributed by atoms with Crippen molar-refractivity contribution in [1.29, 1.82) is 0 Å². The van der Waals surface area contributed by atoms with Gasteiger partial charge in [-0.3, -0.25) is 9.67 Å². The highest BCUT2D eigenvalue weighted by atomic mass is 15.3. The quantitative estimate of drug-likeness (QED) is 0.810. The molecule has 5 nitrogen and oxygen atoms in total. The van der Waals surface area contributed by atoms with Crippen molar-refractivity contribution in [2.75, 3.05) is 6.54 Å². The number of nitrogens with one attached hydrogen (secondary N) is 1. The minimum absolute atomic E-state index is 0.261. The van der Waals surface area contributed by atoms with E-state index in [9.17, 15) is 0 Å². The predicted molar refractivity (Wildman–Crippen MR) is 84.0 cm³/mol. The molecule has 1 N–H and O–H groups in total. The van der Waals surface area contributed by atoms with Crippen molar-refractivity contribution in [3.05, 3.63) is 41.7 Å². The summed E-state index contributed by atoms with van der Waals surface area (Å²) in [7, 11) is 0. The van der Waals surface area contributed by atoms with Gasteiger partial charge in [-0.15, -0.1) is 0 Å². The summed E-state index contributed by atoms with van der Waals surface area (Å²) in [6.45, 7) is 8.30. The van der Waals surface area contributed by atoms with Gasteiger partial charge in [-0.2, -0.15) is 5.10 Å². The maximum atomic E-state index is 4.41. The van der Waals surface area contributed by atoms with E-state index in [2.05, 4.69) is 47.2 Å². The van der Waals surface area contributed by atoms with Gasteiger partial charge in [0.05, 0.1) is 0 Å². The fourth-order valence-electron chi connectivity index (χ4n) is 2.58. The Kier molecular flexibility index (Phi) is 5.87. The fourth-order valence-corrected chi connectivity index (χ4v) is 2.58. The molecule has 0 aromatic carbocycles. The number of pyridine rings is 1. The lowest BCUT2D eigenvalue weighted by Crippen LogP contribution is -2.26. The minimum atomic E-state index is 0.261. The maximum absolute atomic E-state index is 4.41. The third-order valence-electron chi connectivity index (χ3n) is 3.72. The average molecular weight is 287 g/mol. The van der Waals surface area contributed by atoms with Crippen LogP contribution in [0.2, 0.25) is 0 Å². The molecule has 0 bridgehead atoms. The molecular weight excluding hydrogens is 262 g/mol. The number of nitrogens with zero attached hydrogens (tertiary/aromatic N) is 4. The smallest absolute Gasteiger partial charge is 0.138 e. The molecular formula is C16H25N5. The lowest BCUT2D eigenvalue weighted by Gasteiger charge is -2.21. The molecule has 0 amide bonds. The second kappa shape index (κ2) is 7.88. The molecule has 5 heteroatoms. The van der Waals surface area contributed by atoms with Crippen LogP contribution in [0.15, 0.2) is 24.8 Å². The first kappa shape index (κ1) is 15.6. The number of aromatic nitrogens is 4. The first-order valence-electron chi connectivity index (χ1n) is 7.82. The summed E-state index contributed by atoms with van der Waals surface area (Å²) >= 11 is 0. The lowest BCUT2D eigenvalue weighted by molar-refractivity contribution is 0.494. The third kappa shape index (κ3) is 3.88. The van der Waals surface area contributed by atoms with E-state index in [-0.39, 0.29) is 6.04 Å². The molecule has 0 saturated carbocycles. The molecule has 2 rings (SSSR count). The molecule has 114 valence electrons. The molecule has 0 saturated heterocycles. The molecule has 2 aromatic rings. The highest BCUT2D eigenvalue weighted by molar-refractivity contribution is 5.27. The fraction of sp³-hybridized carbons (Fsp3) is 0.562. The Hall–Kier alpha value is -1.75. The van der Waals surface area contributed by atoms with Crippen LogP contribution < -0.4 is 5.32 Å². The van der Waals surface area contributed by atoms with Crippen LogP contribution in [-0.4, -0.2) is 26.3 Å². The highest BCUT2D eigenvalue weighted by Crippen LogP contribution is 2.21. The van der Waals surface area contributed by atoms with Crippen LogP contribution in [0.5, 0.6) is 0 Å². The Balaban J connectivity index is 2.25. The molecule has 0 aliphatic heterocycles. The van der Waals surface area contributed by atoms with Gasteiger partial charge in [0.25, 0.3) is 0 Å². The number of hydrogen-bond donors (Lipinski definition) is 1. The van der Waals surface area contributed by atoms with Crippen molar-refractivity contribution in [2.45, 2.75) is 52.6 Å². The molecule has 0 spiro atoms. The van der Waals surface area contributed by atoms with Crippen LogP contribution in [0.4, 0.5) is 0 Å². The van der Waals surface area contributed by atoms with E-state index in [0.29, 0.717) is 0 Å². The van der Waals surface area contributed by atoms with Gasteiger partial charge < -0.3 is 5.32 Å². The Morgan fingerprint density at radius 1 is 1.29 bits per heavy atom. The van der Waals surface area contributed by atoms with Gasteiger partial charge in [-0.25, -0.2) is 4.98 Å². The van der Waals surface area contributed by atoms with Crippen molar-refractivity contribution >= 4 is 0 Å². The third-order valence-corrected chi connectivity index (χ3v) is 3.72. The molecule has 0 aliphatic carbocycles. The number of aryl methyl sites for hydroxylation is 2. The van der Waals surface area contributed by atoms with Crippen molar-refractivity contribution in [2.24, 2.45) is 0 Å². The van der Waals surface area contributed by atoms with E-state index in [1.165, 1.54) is 11.1 Å². The molecule has 0 fully saturated rings. The van der Waals surface area contributed by atoms with Crippen LogP contribution in [0, 0.1) is 0 Å². The van der Waals surface area contributed by atoms with Crippen molar-refractivity contribution in [3.63, 3.8) is 0 Å². The molecule has 21 heavy (non-hydrogen) atoms. The second-order valence-electron chi connectivity index (χ2n) is 5.13. The van der Waals surface area contributed by atoms with Crippen molar-refractivity contribution < 1.29 is 0 Å². The Labute approximate surface area is 126 Å². The predicted octanol–water partition coefficient (Wildman–Crippen LogP) is 2.54. The number of hydrogen-bond acceptors (Lipinski definition) is 4. The molecule has 0 radical (unpaired) electrons. The summed E-state index contributed by atoms with van der Waals surface area (Å²) < 4.78 is 1.97. The van der Waals surface area contributed by atoms with E-state index in [1.54, 1.807) is 6.33 Å². The van der Waals surface area contributed by atoms with E-state index >= 15 is 0 Å². The van der Waals surface area contributed by atoms with E-state index < -0.39 is 0 Å². The van der Waals surface area contributed by atoms with Gasteiger partial charge in [-0.05, 0) is 43.5 Å². The summed E-state index contributed by atoms with van der Waals surface area (Å²) in [5.74, 6) is 1.03.